The first-order valence-corrected chi connectivity index (χ1v) is 8.37. The molecule has 0 bridgehead atoms. The average Bonchev–Trinajstić information content (AvgIpc) is 2.55. The Labute approximate surface area is 150 Å². The van der Waals surface area contributed by atoms with E-state index in [9.17, 15) is 23.5 Å². The fourth-order valence-electron chi connectivity index (χ4n) is 2.99. The van der Waals surface area contributed by atoms with Crippen molar-refractivity contribution >= 4 is 17.8 Å². The van der Waals surface area contributed by atoms with Gasteiger partial charge in [-0.1, -0.05) is 13.8 Å². The first-order valence-electron chi connectivity index (χ1n) is 8.37. The molecular formula is C16H26F2N4O4. The second kappa shape index (κ2) is 9.46. The van der Waals surface area contributed by atoms with E-state index in [1.54, 1.807) is 6.92 Å². The van der Waals surface area contributed by atoms with E-state index < -0.39 is 36.5 Å². The molecule has 1 aliphatic rings. The number of hydrogen-bond donors (Lipinski definition) is 4. The number of hydrogen-bond acceptors (Lipinski definition) is 4. The van der Waals surface area contributed by atoms with Crippen LogP contribution < -0.4 is 16.8 Å². The van der Waals surface area contributed by atoms with Crippen molar-refractivity contribution in [1.82, 2.24) is 5.32 Å². The molecule has 1 aliphatic carbocycles. The molecule has 0 saturated carbocycles. The van der Waals surface area contributed by atoms with Gasteiger partial charge in [-0.3, -0.25) is 4.79 Å². The minimum atomic E-state index is -3.23. The van der Waals surface area contributed by atoms with Crippen LogP contribution in [0, 0.1) is 0 Å². The number of nitrogens with zero attached hydrogens (tertiary/aromatic N) is 1. The van der Waals surface area contributed by atoms with Gasteiger partial charge in [-0.25, -0.2) is 9.79 Å². The van der Waals surface area contributed by atoms with E-state index in [1.165, 1.54) is 0 Å². The van der Waals surface area contributed by atoms with E-state index in [0.717, 1.165) is 0 Å². The quantitative estimate of drug-likeness (QED) is 0.364. The molecule has 1 amide bonds. The Bertz CT molecular complexity index is 587. The lowest BCUT2D eigenvalue weighted by molar-refractivity contribution is -0.135. The number of aliphatic carboxylic acids is 1. The van der Waals surface area contributed by atoms with Crippen molar-refractivity contribution in [1.29, 1.82) is 0 Å². The first-order chi connectivity index (χ1) is 12.1. The zero-order valence-corrected chi connectivity index (χ0v) is 15.0. The zero-order valence-electron chi connectivity index (χ0n) is 15.0. The van der Waals surface area contributed by atoms with Crippen LogP contribution >= 0.6 is 0 Å². The second-order valence-corrected chi connectivity index (χ2v) is 6.12. The van der Waals surface area contributed by atoms with Gasteiger partial charge in [0.05, 0.1) is 18.2 Å². The molecule has 0 heterocycles. The van der Waals surface area contributed by atoms with Crippen molar-refractivity contribution in [3.05, 3.63) is 11.1 Å². The molecule has 0 aromatic carbocycles. The molecule has 0 spiro atoms. The summed E-state index contributed by atoms with van der Waals surface area (Å²) < 4.78 is 31.5. The molecule has 8 nitrogen and oxygen atoms in total. The summed E-state index contributed by atoms with van der Waals surface area (Å²) in [7, 11) is 0. The highest BCUT2D eigenvalue weighted by molar-refractivity contribution is 5.88. The number of carboxylic acid groups (broad SMARTS) is 1. The van der Waals surface area contributed by atoms with Gasteiger partial charge in [0.1, 0.15) is 6.10 Å². The van der Waals surface area contributed by atoms with E-state index in [0.29, 0.717) is 18.4 Å². The summed E-state index contributed by atoms with van der Waals surface area (Å²) in [5, 5.41) is 11.7. The van der Waals surface area contributed by atoms with Crippen molar-refractivity contribution in [2.75, 3.05) is 0 Å². The standard InChI is InChI=1S/C16H26F2N4O4/c1-4-8(5-2)26-12-7(3)9(15(24)25)6-10(21-16(19)20)11(12)22-14(23)13(17)18/h8,10-13H,4-6H2,1-3H3,(H,22,23)(H,24,25)(H4,19,20,21)/t10-,11+,12+/m0/s1. The summed E-state index contributed by atoms with van der Waals surface area (Å²) in [5.74, 6) is -3.00. The second-order valence-electron chi connectivity index (χ2n) is 6.12. The molecule has 1 rings (SSSR count). The van der Waals surface area contributed by atoms with Crippen LogP contribution in [0.25, 0.3) is 0 Å². The number of rotatable bonds is 8. The number of amides is 1. The van der Waals surface area contributed by atoms with E-state index in [1.807, 2.05) is 13.8 Å². The number of nitrogens with two attached hydrogens (primary N) is 2. The largest absolute Gasteiger partial charge is 0.478 e. The predicted molar refractivity (Wildman–Crippen MR) is 91.7 cm³/mol. The van der Waals surface area contributed by atoms with Crippen LogP contribution in [-0.2, 0) is 14.3 Å². The third kappa shape index (κ3) is 5.38. The van der Waals surface area contributed by atoms with Gasteiger partial charge in [0.25, 0.3) is 5.91 Å². The highest BCUT2D eigenvalue weighted by Gasteiger charge is 2.42. The number of carbonyl (C=O) groups is 2. The molecular weight excluding hydrogens is 350 g/mol. The van der Waals surface area contributed by atoms with E-state index in [2.05, 4.69) is 10.3 Å². The van der Waals surface area contributed by atoms with E-state index >= 15 is 0 Å². The Morgan fingerprint density at radius 1 is 1.35 bits per heavy atom. The van der Waals surface area contributed by atoms with Crippen LogP contribution in [0.5, 0.6) is 0 Å². The smallest absolute Gasteiger partial charge is 0.331 e. The van der Waals surface area contributed by atoms with Crippen LogP contribution in [0.15, 0.2) is 16.1 Å². The zero-order chi connectivity index (χ0) is 20.0. The Balaban J connectivity index is 3.37. The summed E-state index contributed by atoms with van der Waals surface area (Å²) in [4.78, 5) is 27.1. The molecule has 3 atom stereocenters. The molecule has 148 valence electrons. The fourth-order valence-corrected chi connectivity index (χ4v) is 2.99. The first kappa shape index (κ1) is 21.8. The van der Waals surface area contributed by atoms with Crippen molar-refractivity contribution in [2.24, 2.45) is 16.5 Å². The Hall–Kier alpha value is -2.23. The third-order valence-corrected chi connectivity index (χ3v) is 4.39. The number of guanidine groups is 1. The summed E-state index contributed by atoms with van der Waals surface area (Å²) in [6.45, 7) is 5.31. The lowest BCUT2D eigenvalue weighted by Crippen LogP contribution is -2.56. The van der Waals surface area contributed by atoms with Gasteiger partial charge in [-0.05, 0) is 25.3 Å². The SMILES string of the molecule is CCC(CC)O[C@@H]1C(C)=C(C(=O)O)C[C@H](N=C(N)N)[C@H]1NC(=O)C(F)F. The maximum Gasteiger partial charge on any atom is 0.331 e. The summed E-state index contributed by atoms with van der Waals surface area (Å²) in [5.41, 5.74) is 11.2. The molecule has 0 fully saturated rings. The van der Waals surface area contributed by atoms with Crippen LogP contribution in [0.4, 0.5) is 8.78 Å². The highest BCUT2D eigenvalue weighted by atomic mass is 19.3. The third-order valence-electron chi connectivity index (χ3n) is 4.39. The number of carboxylic acids is 1. The molecule has 0 aromatic heterocycles. The van der Waals surface area contributed by atoms with Crippen LogP contribution in [0.3, 0.4) is 0 Å². The molecule has 0 saturated heterocycles. The number of alkyl halides is 2. The number of carbonyl (C=O) groups excluding carboxylic acids is 1. The molecule has 10 heteroatoms. The van der Waals surface area contributed by atoms with E-state index in [4.69, 9.17) is 16.2 Å². The fraction of sp³-hybridized carbons (Fsp3) is 0.688. The average molecular weight is 376 g/mol. The Morgan fingerprint density at radius 2 is 1.92 bits per heavy atom. The molecule has 26 heavy (non-hydrogen) atoms. The van der Waals surface area contributed by atoms with Gasteiger partial charge < -0.3 is 26.6 Å². The number of ether oxygens (including phenoxy) is 1. The van der Waals surface area contributed by atoms with Crippen LogP contribution in [0.2, 0.25) is 0 Å². The summed E-state index contributed by atoms with van der Waals surface area (Å²) >= 11 is 0. The van der Waals surface area contributed by atoms with Crippen molar-refractivity contribution in [3.63, 3.8) is 0 Å². The van der Waals surface area contributed by atoms with Gasteiger partial charge in [0.15, 0.2) is 5.96 Å². The molecule has 0 aliphatic heterocycles. The van der Waals surface area contributed by atoms with Crippen molar-refractivity contribution in [3.8, 4) is 0 Å². The minimum absolute atomic E-state index is 0.0403. The highest BCUT2D eigenvalue weighted by Crippen LogP contribution is 2.31. The predicted octanol–water partition coefficient (Wildman–Crippen LogP) is 0.757. The molecule has 0 radical (unpaired) electrons. The molecule has 6 N–H and O–H groups in total. The van der Waals surface area contributed by atoms with Gasteiger partial charge in [0, 0.05) is 12.0 Å². The summed E-state index contributed by atoms with van der Waals surface area (Å²) in [6, 6.07) is -1.95. The Morgan fingerprint density at radius 3 is 2.35 bits per heavy atom. The number of aliphatic imine (C=N–C) groups is 1. The monoisotopic (exact) mass is 376 g/mol. The van der Waals surface area contributed by atoms with Crippen molar-refractivity contribution < 1.29 is 28.2 Å². The molecule has 0 aromatic rings. The number of nitrogens with one attached hydrogen (secondary N) is 1. The molecule has 0 unspecified atom stereocenters. The van der Waals surface area contributed by atoms with Gasteiger partial charge in [0.2, 0.25) is 0 Å². The minimum Gasteiger partial charge on any atom is -0.478 e. The lowest BCUT2D eigenvalue weighted by Gasteiger charge is -2.39. The van der Waals surface area contributed by atoms with Crippen molar-refractivity contribution in [2.45, 2.75) is 70.8 Å². The lowest BCUT2D eigenvalue weighted by atomic mass is 9.82. The van der Waals surface area contributed by atoms with Gasteiger partial charge in [-0.2, -0.15) is 8.78 Å². The topological polar surface area (TPSA) is 140 Å². The van der Waals surface area contributed by atoms with Gasteiger partial charge >= 0.3 is 12.4 Å². The van der Waals surface area contributed by atoms with Crippen LogP contribution in [0.1, 0.15) is 40.0 Å². The maximum atomic E-state index is 12.8. The maximum absolute atomic E-state index is 12.8. The van der Waals surface area contributed by atoms with E-state index in [-0.39, 0.29) is 24.1 Å². The number of halogens is 2. The summed E-state index contributed by atoms with van der Waals surface area (Å²) in [6.07, 6.45) is -3.26. The van der Waals surface area contributed by atoms with Crippen LogP contribution in [-0.4, -0.2) is 53.7 Å². The Kier molecular flexibility index (Phi) is 7.94. The van der Waals surface area contributed by atoms with Gasteiger partial charge in [-0.15, -0.1) is 0 Å². The normalized spacial score (nSPS) is 23.3.